The van der Waals surface area contributed by atoms with Crippen LogP contribution in [0, 0.1) is 5.92 Å². The second-order valence-electron chi connectivity index (χ2n) is 10.1. The second-order valence-corrected chi connectivity index (χ2v) is 11.8. The van der Waals surface area contributed by atoms with Gasteiger partial charge in [0.05, 0.1) is 4.91 Å². The number of nitrogens with zero attached hydrogens (tertiary/aromatic N) is 2. The van der Waals surface area contributed by atoms with Gasteiger partial charge in [-0.2, -0.15) is 0 Å². The van der Waals surface area contributed by atoms with E-state index in [-0.39, 0.29) is 23.8 Å². The molecule has 2 aromatic carbocycles. The fraction of sp³-hybridized carbons (Fsp3) is 0.448. The van der Waals surface area contributed by atoms with Crippen molar-refractivity contribution in [1.29, 1.82) is 0 Å². The summed E-state index contributed by atoms with van der Waals surface area (Å²) in [5, 5.41) is 4.14. The van der Waals surface area contributed by atoms with E-state index in [1.54, 1.807) is 11.8 Å². The van der Waals surface area contributed by atoms with Gasteiger partial charge in [0, 0.05) is 55.5 Å². The summed E-state index contributed by atoms with van der Waals surface area (Å²) in [7, 11) is 1.87. The topological polar surface area (TPSA) is 52.7 Å². The standard InChI is InChI=1S/C29H34ClN3O2S/c1-32-25-17-22(11-12-26(25)36-27(29(32)35)18-21-8-4-5-10-24(21)30)28(34)31-14-6-15-33-16-13-20-7-2-3-9-23(20)19-33/h2-5,7-10,18,22,25-26H,6,11-17,19H2,1H3,(H,31,34)/b27-18+. The van der Waals surface area contributed by atoms with E-state index < -0.39 is 0 Å². The fourth-order valence-corrected chi connectivity index (χ4v) is 7.33. The van der Waals surface area contributed by atoms with Crippen LogP contribution in [0.15, 0.2) is 53.4 Å². The summed E-state index contributed by atoms with van der Waals surface area (Å²) in [5.41, 5.74) is 3.76. The average molecular weight is 524 g/mol. The van der Waals surface area contributed by atoms with Crippen molar-refractivity contribution in [3.8, 4) is 0 Å². The number of likely N-dealkylation sites (N-methyl/N-ethyl adjacent to an activating group) is 1. The third kappa shape index (κ3) is 5.66. The zero-order valence-electron chi connectivity index (χ0n) is 20.8. The molecule has 2 heterocycles. The van der Waals surface area contributed by atoms with Gasteiger partial charge in [0.25, 0.3) is 5.91 Å². The molecule has 1 saturated heterocycles. The molecule has 2 fully saturated rings. The third-order valence-corrected chi connectivity index (χ3v) is 9.53. The quantitative estimate of drug-likeness (QED) is 0.428. The number of nitrogens with one attached hydrogen (secondary N) is 1. The molecule has 1 aliphatic carbocycles. The molecule has 3 atom stereocenters. The lowest BCUT2D eigenvalue weighted by atomic mass is 9.83. The fourth-order valence-electron chi connectivity index (χ4n) is 5.67. The van der Waals surface area contributed by atoms with Crippen LogP contribution in [0.3, 0.4) is 0 Å². The van der Waals surface area contributed by atoms with E-state index in [0.29, 0.717) is 16.8 Å². The Kier molecular flexibility index (Phi) is 8.04. The minimum absolute atomic E-state index is 0.0188. The van der Waals surface area contributed by atoms with Gasteiger partial charge in [-0.1, -0.05) is 54.1 Å². The van der Waals surface area contributed by atoms with Crippen LogP contribution in [-0.4, -0.2) is 59.6 Å². The van der Waals surface area contributed by atoms with Gasteiger partial charge in [0.15, 0.2) is 0 Å². The number of carbonyl (C=O) groups is 2. The Morgan fingerprint density at radius 2 is 1.92 bits per heavy atom. The Balaban J connectivity index is 1.10. The molecule has 190 valence electrons. The van der Waals surface area contributed by atoms with Gasteiger partial charge in [-0.25, -0.2) is 0 Å². The van der Waals surface area contributed by atoms with Crippen molar-refractivity contribution in [1.82, 2.24) is 15.1 Å². The van der Waals surface area contributed by atoms with Crippen molar-refractivity contribution in [3.63, 3.8) is 0 Å². The predicted octanol–water partition coefficient (Wildman–Crippen LogP) is 4.99. The zero-order valence-corrected chi connectivity index (χ0v) is 22.4. The van der Waals surface area contributed by atoms with Gasteiger partial charge < -0.3 is 10.2 Å². The van der Waals surface area contributed by atoms with Crippen LogP contribution in [0.25, 0.3) is 6.08 Å². The van der Waals surface area contributed by atoms with E-state index in [1.807, 2.05) is 42.3 Å². The lowest BCUT2D eigenvalue weighted by Crippen LogP contribution is -2.52. The summed E-state index contributed by atoms with van der Waals surface area (Å²) < 4.78 is 0. The SMILES string of the molecule is CN1C(=O)/C(=C\c2ccccc2Cl)SC2CCC(C(=O)NCCCN3CCc4ccccc4C3)CC21. The molecule has 2 aliphatic heterocycles. The van der Waals surface area contributed by atoms with Gasteiger partial charge >= 0.3 is 0 Å². The molecule has 0 spiro atoms. The van der Waals surface area contributed by atoms with Crippen molar-refractivity contribution in [2.45, 2.75) is 49.9 Å². The molecule has 0 radical (unpaired) electrons. The lowest BCUT2D eigenvalue weighted by Gasteiger charge is -2.44. The van der Waals surface area contributed by atoms with Gasteiger partial charge in [-0.15, -0.1) is 11.8 Å². The highest BCUT2D eigenvalue weighted by atomic mass is 35.5. The van der Waals surface area contributed by atoms with Gasteiger partial charge in [-0.3, -0.25) is 14.5 Å². The van der Waals surface area contributed by atoms with E-state index >= 15 is 0 Å². The van der Waals surface area contributed by atoms with Crippen LogP contribution in [0.5, 0.6) is 0 Å². The first-order valence-electron chi connectivity index (χ1n) is 13.0. The van der Waals surface area contributed by atoms with E-state index in [1.165, 1.54) is 11.1 Å². The molecule has 1 saturated carbocycles. The summed E-state index contributed by atoms with van der Waals surface area (Å²) in [6, 6.07) is 16.4. The molecule has 3 unspecified atom stereocenters. The minimum Gasteiger partial charge on any atom is -0.356 e. The van der Waals surface area contributed by atoms with Gasteiger partial charge in [0.2, 0.25) is 5.91 Å². The smallest absolute Gasteiger partial charge is 0.260 e. The number of hydrogen-bond donors (Lipinski definition) is 1. The molecule has 5 rings (SSSR count). The van der Waals surface area contributed by atoms with Crippen molar-refractivity contribution in [3.05, 3.63) is 75.1 Å². The molecular formula is C29H34ClN3O2S. The number of rotatable bonds is 6. The number of carbonyl (C=O) groups excluding carboxylic acids is 2. The highest BCUT2D eigenvalue weighted by Gasteiger charge is 2.42. The number of fused-ring (bicyclic) bond motifs is 2. The summed E-state index contributed by atoms with van der Waals surface area (Å²) >= 11 is 7.96. The molecule has 2 aromatic rings. The highest BCUT2D eigenvalue weighted by Crippen LogP contribution is 2.43. The maximum absolute atomic E-state index is 13.1. The molecule has 0 bridgehead atoms. The molecule has 3 aliphatic rings. The number of thioether (sulfide) groups is 1. The molecular weight excluding hydrogens is 490 g/mol. The van der Waals surface area contributed by atoms with Crippen molar-refractivity contribution in [2.24, 2.45) is 5.92 Å². The maximum Gasteiger partial charge on any atom is 0.260 e. The van der Waals surface area contributed by atoms with Gasteiger partial charge in [0.1, 0.15) is 0 Å². The predicted molar refractivity (Wildman–Crippen MR) is 148 cm³/mol. The summed E-state index contributed by atoms with van der Waals surface area (Å²) in [6.45, 7) is 3.79. The molecule has 5 nitrogen and oxygen atoms in total. The van der Waals surface area contributed by atoms with E-state index in [2.05, 4.69) is 34.5 Å². The first-order chi connectivity index (χ1) is 17.5. The van der Waals surface area contributed by atoms with E-state index in [0.717, 1.165) is 62.2 Å². The molecule has 2 amide bonds. The third-order valence-electron chi connectivity index (χ3n) is 7.78. The summed E-state index contributed by atoms with van der Waals surface area (Å²) in [4.78, 5) is 31.1. The van der Waals surface area contributed by atoms with E-state index in [9.17, 15) is 9.59 Å². The van der Waals surface area contributed by atoms with Crippen LogP contribution < -0.4 is 5.32 Å². The lowest BCUT2D eigenvalue weighted by molar-refractivity contribution is -0.131. The minimum atomic E-state index is -0.0296. The van der Waals surface area contributed by atoms with Crippen LogP contribution in [-0.2, 0) is 22.6 Å². The summed E-state index contributed by atoms with van der Waals surface area (Å²) in [6.07, 6.45) is 6.49. The molecule has 36 heavy (non-hydrogen) atoms. The molecule has 7 heteroatoms. The Labute approximate surface area is 223 Å². The largest absolute Gasteiger partial charge is 0.356 e. The molecule has 1 N–H and O–H groups in total. The zero-order chi connectivity index (χ0) is 25.1. The summed E-state index contributed by atoms with van der Waals surface area (Å²) in [5.74, 6) is 0.129. The normalized spacial score (nSPS) is 25.4. The Morgan fingerprint density at radius 3 is 2.75 bits per heavy atom. The number of hydrogen-bond acceptors (Lipinski definition) is 4. The maximum atomic E-state index is 13.1. The first kappa shape index (κ1) is 25.4. The van der Waals surface area contributed by atoms with Crippen LogP contribution >= 0.6 is 23.4 Å². The van der Waals surface area contributed by atoms with Crippen molar-refractivity contribution >= 4 is 41.3 Å². The number of halogens is 1. The number of amides is 2. The first-order valence-corrected chi connectivity index (χ1v) is 14.2. The van der Waals surface area contributed by atoms with Crippen molar-refractivity contribution in [2.75, 3.05) is 26.7 Å². The van der Waals surface area contributed by atoms with E-state index in [4.69, 9.17) is 11.6 Å². The van der Waals surface area contributed by atoms with Crippen LogP contribution in [0.1, 0.15) is 42.4 Å². The Morgan fingerprint density at radius 1 is 1.14 bits per heavy atom. The molecule has 0 aromatic heterocycles. The Bertz CT molecular complexity index is 1150. The Hall–Kier alpha value is -2.28. The van der Waals surface area contributed by atoms with Crippen LogP contribution in [0.4, 0.5) is 0 Å². The van der Waals surface area contributed by atoms with Crippen LogP contribution in [0.2, 0.25) is 5.02 Å². The average Bonchev–Trinajstić information content (AvgIpc) is 2.90. The van der Waals surface area contributed by atoms with Gasteiger partial charge in [-0.05, 0) is 60.9 Å². The highest BCUT2D eigenvalue weighted by molar-refractivity contribution is 8.04. The second kappa shape index (κ2) is 11.4. The monoisotopic (exact) mass is 523 g/mol. The van der Waals surface area contributed by atoms with Crippen molar-refractivity contribution < 1.29 is 9.59 Å². The number of benzene rings is 2.